The molecular weight excluding hydrogens is 480 g/mol. The topological polar surface area (TPSA) is 129 Å². The molecule has 38 heavy (non-hydrogen) atoms. The number of hydrogen-bond donors (Lipinski definition) is 5. The average molecular weight is 529 g/mol. The van der Waals surface area contributed by atoms with E-state index in [-0.39, 0.29) is 47.6 Å². The van der Waals surface area contributed by atoms with Crippen LogP contribution >= 0.6 is 0 Å². The molecule has 4 atom stereocenters. The molecule has 212 valence electrons. The van der Waals surface area contributed by atoms with Crippen LogP contribution in [0.5, 0.6) is 0 Å². The predicted octanol–water partition coefficient (Wildman–Crippen LogP) is 2.03. The number of rotatable bonds is 10. The molecule has 1 saturated carbocycles. The number of carbonyl (C=O) groups excluding carboxylic acids is 3. The summed E-state index contributed by atoms with van der Waals surface area (Å²) < 4.78 is 0. The molecule has 1 aromatic rings. The summed E-state index contributed by atoms with van der Waals surface area (Å²) >= 11 is 0. The van der Waals surface area contributed by atoms with Gasteiger partial charge in [-0.3, -0.25) is 14.4 Å². The molecule has 0 radical (unpaired) electrons. The van der Waals surface area contributed by atoms with E-state index in [2.05, 4.69) is 46.2 Å². The van der Waals surface area contributed by atoms with Crippen LogP contribution in [0.3, 0.4) is 0 Å². The lowest BCUT2D eigenvalue weighted by Gasteiger charge is -2.37. The van der Waals surface area contributed by atoms with Crippen molar-refractivity contribution in [1.82, 2.24) is 21.3 Å². The van der Waals surface area contributed by atoms with Gasteiger partial charge in [0.25, 0.3) is 5.91 Å². The van der Waals surface area contributed by atoms with Gasteiger partial charge in [0.05, 0.1) is 5.92 Å². The van der Waals surface area contributed by atoms with Gasteiger partial charge in [0.15, 0.2) is 0 Å². The number of likely N-dealkylation sites (N-methyl/N-ethyl adjacent to an activating group) is 1. The summed E-state index contributed by atoms with van der Waals surface area (Å²) in [4.78, 5) is 39.9. The fourth-order valence-corrected chi connectivity index (χ4v) is 6.21. The van der Waals surface area contributed by atoms with Crippen molar-refractivity contribution in [2.75, 3.05) is 38.6 Å². The summed E-state index contributed by atoms with van der Waals surface area (Å²) in [7, 11) is 4.00. The highest BCUT2D eigenvalue weighted by Crippen LogP contribution is 2.33. The molecule has 0 spiro atoms. The van der Waals surface area contributed by atoms with Gasteiger partial charge in [0, 0.05) is 68.9 Å². The lowest BCUT2D eigenvalue weighted by atomic mass is 9.84. The van der Waals surface area contributed by atoms with Gasteiger partial charge in [-0.2, -0.15) is 0 Å². The van der Waals surface area contributed by atoms with E-state index in [1.165, 1.54) is 0 Å². The highest BCUT2D eigenvalue weighted by atomic mass is 16.2. The van der Waals surface area contributed by atoms with Crippen molar-refractivity contribution in [2.45, 2.75) is 83.8 Å². The Hall–Kier alpha value is -2.65. The van der Waals surface area contributed by atoms with Crippen molar-refractivity contribution in [3.63, 3.8) is 0 Å². The molecule has 2 fully saturated rings. The Kier molecular flexibility index (Phi) is 10.6. The molecule has 1 aliphatic heterocycles. The summed E-state index contributed by atoms with van der Waals surface area (Å²) in [5.74, 6) is -0.0890. The molecule has 1 aromatic carbocycles. The predicted molar refractivity (Wildman–Crippen MR) is 152 cm³/mol. The standard InChI is InChI=1S/C29H48N6O3/c1-17-11-18(2)33-29(38)26(17)16-32-28(37)25-12-21(22(14-30)15-31-5)13-27(19(25)3)35(6)24-9-7-23(8-10-24)34-20(4)36/h12-13,17-18,22-24,26,31H,7-11,14-16,30H2,1-6H3,(H,32,37)(H,33,38)(H,34,36)/t17?,18?,22?,23-,24-,26?. The number of nitrogens with one attached hydrogen (secondary N) is 4. The van der Waals surface area contributed by atoms with Crippen molar-refractivity contribution in [3.8, 4) is 0 Å². The van der Waals surface area contributed by atoms with Crippen molar-refractivity contribution in [3.05, 3.63) is 28.8 Å². The molecule has 9 nitrogen and oxygen atoms in total. The number of nitrogens with two attached hydrogens (primary N) is 1. The van der Waals surface area contributed by atoms with Crippen LogP contribution in [0.15, 0.2) is 12.1 Å². The van der Waals surface area contributed by atoms with E-state index < -0.39 is 0 Å². The maximum Gasteiger partial charge on any atom is 0.251 e. The Balaban J connectivity index is 1.84. The number of anilines is 1. The van der Waals surface area contributed by atoms with Crippen molar-refractivity contribution >= 4 is 23.4 Å². The maximum absolute atomic E-state index is 13.6. The SMILES string of the molecule is CNCC(CN)c1cc(C(=O)NCC2C(=O)NC(C)CC2C)c(C)c(N(C)[C@H]2CC[C@H](NC(C)=O)CC2)c1. The minimum absolute atomic E-state index is 0.00882. The van der Waals surface area contributed by atoms with Gasteiger partial charge in [0.2, 0.25) is 11.8 Å². The third kappa shape index (κ3) is 7.26. The summed E-state index contributed by atoms with van der Waals surface area (Å²) in [5, 5.41) is 12.4. The molecule has 3 rings (SSSR count). The van der Waals surface area contributed by atoms with E-state index in [0.717, 1.165) is 48.9 Å². The lowest BCUT2D eigenvalue weighted by molar-refractivity contribution is -0.129. The van der Waals surface area contributed by atoms with E-state index in [4.69, 9.17) is 5.73 Å². The largest absolute Gasteiger partial charge is 0.371 e. The Labute approximate surface area is 228 Å². The zero-order valence-corrected chi connectivity index (χ0v) is 24.0. The first-order chi connectivity index (χ1) is 18.0. The Morgan fingerprint density at radius 2 is 1.87 bits per heavy atom. The van der Waals surface area contributed by atoms with E-state index in [0.29, 0.717) is 31.2 Å². The molecule has 6 N–H and O–H groups in total. The smallest absolute Gasteiger partial charge is 0.251 e. The molecule has 1 heterocycles. The van der Waals surface area contributed by atoms with Gasteiger partial charge in [-0.05, 0) is 82.2 Å². The molecule has 2 aliphatic rings. The van der Waals surface area contributed by atoms with Crippen LogP contribution < -0.4 is 31.9 Å². The van der Waals surface area contributed by atoms with Crippen molar-refractivity contribution in [2.24, 2.45) is 17.6 Å². The first kappa shape index (κ1) is 29.9. The normalized spacial score (nSPS) is 26.3. The van der Waals surface area contributed by atoms with Crippen LogP contribution in [-0.2, 0) is 9.59 Å². The van der Waals surface area contributed by atoms with Crippen LogP contribution in [-0.4, -0.2) is 69.6 Å². The number of piperidine rings is 1. The molecule has 0 aromatic heterocycles. The van der Waals surface area contributed by atoms with Gasteiger partial charge in [-0.1, -0.05) is 6.92 Å². The summed E-state index contributed by atoms with van der Waals surface area (Å²) in [6, 6.07) is 4.86. The zero-order chi connectivity index (χ0) is 28.0. The Morgan fingerprint density at radius 1 is 1.18 bits per heavy atom. The fourth-order valence-electron chi connectivity index (χ4n) is 6.21. The molecular formula is C29H48N6O3. The second-order valence-electron chi connectivity index (χ2n) is 11.5. The average Bonchev–Trinajstić information content (AvgIpc) is 2.86. The zero-order valence-electron chi connectivity index (χ0n) is 24.0. The molecule has 3 amide bonds. The first-order valence-electron chi connectivity index (χ1n) is 14.1. The first-order valence-corrected chi connectivity index (χ1v) is 14.1. The Bertz CT molecular complexity index is 991. The second kappa shape index (κ2) is 13.4. The van der Waals surface area contributed by atoms with Gasteiger partial charge >= 0.3 is 0 Å². The number of amides is 3. The lowest BCUT2D eigenvalue weighted by Crippen LogP contribution is -2.50. The number of benzene rings is 1. The van der Waals surface area contributed by atoms with Crippen LogP contribution in [0.1, 0.15) is 80.3 Å². The van der Waals surface area contributed by atoms with E-state index in [1.54, 1.807) is 6.92 Å². The van der Waals surface area contributed by atoms with Crippen molar-refractivity contribution < 1.29 is 14.4 Å². The molecule has 0 bridgehead atoms. The van der Waals surface area contributed by atoms with Gasteiger partial charge in [-0.25, -0.2) is 0 Å². The molecule has 1 aliphatic carbocycles. The van der Waals surface area contributed by atoms with Crippen LogP contribution in [0, 0.1) is 18.8 Å². The third-order valence-electron chi connectivity index (χ3n) is 8.51. The minimum atomic E-state index is -0.235. The van der Waals surface area contributed by atoms with Gasteiger partial charge in [0.1, 0.15) is 0 Å². The van der Waals surface area contributed by atoms with Crippen molar-refractivity contribution in [1.29, 1.82) is 0 Å². The third-order valence-corrected chi connectivity index (χ3v) is 8.51. The van der Waals surface area contributed by atoms with Gasteiger partial charge < -0.3 is 31.9 Å². The number of carbonyl (C=O) groups is 3. The number of hydrogen-bond acceptors (Lipinski definition) is 6. The van der Waals surface area contributed by atoms with E-state index in [9.17, 15) is 14.4 Å². The van der Waals surface area contributed by atoms with E-state index in [1.807, 2.05) is 27.0 Å². The van der Waals surface area contributed by atoms with E-state index >= 15 is 0 Å². The Morgan fingerprint density at radius 3 is 2.45 bits per heavy atom. The van der Waals surface area contributed by atoms with Crippen LogP contribution in [0.2, 0.25) is 0 Å². The maximum atomic E-state index is 13.6. The minimum Gasteiger partial charge on any atom is -0.371 e. The fraction of sp³-hybridized carbons (Fsp3) is 0.690. The van der Waals surface area contributed by atoms with Crippen LogP contribution in [0.25, 0.3) is 0 Å². The summed E-state index contributed by atoms with van der Waals surface area (Å²) in [5.41, 5.74) is 9.76. The highest BCUT2D eigenvalue weighted by molar-refractivity contribution is 5.97. The monoisotopic (exact) mass is 528 g/mol. The molecule has 1 saturated heterocycles. The molecule has 9 heteroatoms. The highest BCUT2D eigenvalue weighted by Gasteiger charge is 2.33. The second-order valence-corrected chi connectivity index (χ2v) is 11.5. The number of nitrogens with zero attached hydrogens (tertiary/aromatic N) is 1. The summed E-state index contributed by atoms with van der Waals surface area (Å²) in [6.07, 6.45) is 4.72. The quantitative estimate of drug-likeness (QED) is 0.316. The van der Waals surface area contributed by atoms with Crippen LogP contribution in [0.4, 0.5) is 5.69 Å². The molecule has 4 unspecified atom stereocenters. The van der Waals surface area contributed by atoms with Gasteiger partial charge in [-0.15, -0.1) is 0 Å². The summed E-state index contributed by atoms with van der Waals surface area (Å²) in [6.45, 7) is 9.16.